The zero-order valence-electron chi connectivity index (χ0n) is 5.02. The van der Waals surface area contributed by atoms with E-state index in [9.17, 15) is 4.79 Å². The third-order valence-electron chi connectivity index (χ3n) is 0.983. The van der Waals surface area contributed by atoms with Gasteiger partial charge in [0.25, 0.3) is 0 Å². The van der Waals surface area contributed by atoms with Crippen LogP contribution in [0.15, 0.2) is 30.3 Å². The SMILES string of the molecule is Cl.O=[C]([Pd])c1ccccc1. The number of rotatable bonds is 1. The number of halogens is 1. The quantitative estimate of drug-likeness (QED) is 0.692. The summed E-state index contributed by atoms with van der Waals surface area (Å²) in [5, 5.41) is 0. The molecule has 57 valence electrons. The van der Waals surface area contributed by atoms with Crippen molar-refractivity contribution in [2.24, 2.45) is 0 Å². The van der Waals surface area contributed by atoms with Gasteiger partial charge in [0.15, 0.2) is 0 Å². The number of carbonyl (C=O) groups is 1. The molecule has 0 saturated carbocycles. The number of carbonyl (C=O) groups excluding carboxylic acids is 1. The van der Waals surface area contributed by atoms with Crippen LogP contribution in [0.2, 0.25) is 0 Å². The van der Waals surface area contributed by atoms with Gasteiger partial charge in [0.2, 0.25) is 0 Å². The van der Waals surface area contributed by atoms with Crippen molar-refractivity contribution in [3.8, 4) is 0 Å². The van der Waals surface area contributed by atoms with Crippen molar-refractivity contribution >= 4 is 16.7 Å². The summed E-state index contributed by atoms with van der Waals surface area (Å²) in [6.07, 6.45) is 0. The predicted octanol–water partition coefficient (Wildman–Crippen LogP) is 1.80. The van der Waals surface area contributed by atoms with E-state index >= 15 is 0 Å². The standard InChI is InChI=1S/C7H5O.ClH.Pd/c8-6-7-4-2-1-3-5-7;;/h1-5H;1H;. The van der Waals surface area contributed by atoms with Crippen molar-refractivity contribution in [2.75, 3.05) is 0 Å². The van der Waals surface area contributed by atoms with Crippen molar-refractivity contribution in [1.82, 2.24) is 0 Å². The van der Waals surface area contributed by atoms with E-state index in [1.807, 2.05) is 18.2 Å². The van der Waals surface area contributed by atoms with E-state index in [1.165, 1.54) is 0 Å². The van der Waals surface area contributed by atoms with Gasteiger partial charge in [0.05, 0.1) is 0 Å². The van der Waals surface area contributed by atoms with Gasteiger partial charge in [-0.25, -0.2) is 0 Å². The van der Waals surface area contributed by atoms with Crippen molar-refractivity contribution in [3.63, 3.8) is 0 Å². The molecule has 3 heteroatoms. The molecule has 0 bridgehead atoms. The predicted molar refractivity (Wildman–Crippen MR) is 38.0 cm³/mol. The Morgan fingerprint density at radius 2 is 1.70 bits per heavy atom. The Hall–Kier alpha value is -0.158. The van der Waals surface area contributed by atoms with Crippen LogP contribution < -0.4 is 0 Å². The fourth-order valence-corrected chi connectivity index (χ4v) is 0.818. The number of benzene rings is 1. The molecule has 0 N–H and O–H groups in total. The van der Waals surface area contributed by atoms with E-state index in [4.69, 9.17) is 0 Å². The van der Waals surface area contributed by atoms with Crippen LogP contribution in [-0.2, 0) is 19.2 Å². The molecule has 10 heavy (non-hydrogen) atoms. The molecule has 0 radical (unpaired) electrons. The van der Waals surface area contributed by atoms with Crippen LogP contribution in [0.1, 0.15) is 10.4 Å². The Kier molecular flexibility index (Phi) is 4.55. The summed E-state index contributed by atoms with van der Waals surface area (Å²) in [6, 6.07) is 9.09. The molecule has 0 fully saturated rings. The van der Waals surface area contributed by atoms with Crippen LogP contribution in [0.4, 0.5) is 0 Å². The maximum atomic E-state index is 10.6. The zero-order valence-corrected chi connectivity index (χ0v) is 7.39. The average Bonchev–Trinajstić information content (AvgIpc) is 1.90. The second-order valence-corrected chi connectivity index (χ2v) is 2.32. The van der Waals surface area contributed by atoms with Crippen LogP contribution in [0.25, 0.3) is 0 Å². The molecule has 0 aromatic heterocycles. The van der Waals surface area contributed by atoms with Crippen LogP contribution >= 0.6 is 12.4 Å². The molecule has 0 amide bonds. The molecule has 0 atom stereocenters. The molecule has 0 saturated heterocycles. The minimum atomic E-state index is -0.0291. The van der Waals surface area contributed by atoms with Gasteiger partial charge in [0, 0.05) is 0 Å². The van der Waals surface area contributed by atoms with E-state index < -0.39 is 0 Å². The molecule has 0 heterocycles. The fourth-order valence-electron chi connectivity index (χ4n) is 0.559. The molecular weight excluding hydrogens is 242 g/mol. The minimum absolute atomic E-state index is 0. The molecule has 1 aromatic carbocycles. The summed E-state index contributed by atoms with van der Waals surface area (Å²) >= 11 is 2.59. The third-order valence-corrected chi connectivity index (χ3v) is 1.43. The van der Waals surface area contributed by atoms with Gasteiger partial charge in [-0.2, -0.15) is 0 Å². The summed E-state index contributed by atoms with van der Waals surface area (Å²) in [5.41, 5.74) is 0.709. The third kappa shape index (κ3) is 2.62. The van der Waals surface area contributed by atoms with Crippen LogP contribution in [0.5, 0.6) is 0 Å². The molecule has 1 rings (SSSR count). The van der Waals surface area contributed by atoms with Gasteiger partial charge in [-0.05, 0) is 0 Å². The van der Waals surface area contributed by atoms with Gasteiger partial charge in [0.1, 0.15) is 0 Å². The van der Waals surface area contributed by atoms with Crippen LogP contribution in [0.3, 0.4) is 0 Å². The van der Waals surface area contributed by atoms with Crippen LogP contribution in [0, 0.1) is 0 Å². The first-order valence-electron chi connectivity index (χ1n) is 2.52. The first-order chi connectivity index (χ1) is 4.30. The Balaban J connectivity index is 0.000000810. The Labute approximate surface area is 76.6 Å². The van der Waals surface area contributed by atoms with E-state index in [-0.39, 0.29) is 16.7 Å². The normalized spacial score (nSPS) is 8.20. The number of hydrogen-bond acceptors (Lipinski definition) is 1. The van der Waals surface area contributed by atoms with Gasteiger partial charge in [-0.15, -0.1) is 12.4 Å². The molecule has 0 aliphatic carbocycles. The molecular formula is C7H6ClOPd. The molecule has 0 aliphatic heterocycles. The Morgan fingerprint density at radius 3 is 2.00 bits per heavy atom. The van der Waals surface area contributed by atoms with Gasteiger partial charge in [-0.3, -0.25) is 0 Å². The summed E-state index contributed by atoms with van der Waals surface area (Å²) in [6.45, 7) is 0. The topological polar surface area (TPSA) is 17.1 Å². The molecule has 0 aliphatic rings. The van der Waals surface area contributed by atoms with Crippen molar-refractivity contribution in [1.29, 1.82) is 0 Å². The van der Waals surface area contributed by atoms with Gasteiger partial charge in [-0.1, -0.05) is 0 Å². The van der Waals surface area contributed by atoms with E-state index in [1.54, 1.807) is 12.1 Å². The Bertz CT molecular complexity index is 210. The summed E-state index contributed by atoms with van der Waals surface area (Å²) in [7, 11) is 0. The van der Waals surface area contributed by atoms with Crippen molar-refractivity contribution < 1.29 is 24.0 Å². The summed E-state index contributed by atoms with van der Waals surface area (Å²) in [5.74, 6) is 0. The van der Waals surface area contributed by atoms with Gasteiger partial charge < -0.3 is 0 Å². The number of hydrogen-bond donors (Lipinski definition) is 0. The summed E-state index contributed by atoms with van der Waals surface area (Å²) < 4.78 is -0.0291. The Morgan fingerprint density at radius 1 is 1.20 bits per heavy atom. The second-order valence-electron chi connectivity index (χ2n) is 1.61. The molecule has 1 nitrogen and oxygen atoms in total. The average molecular weight is 248 g/mol. The zero-order chi connectivity index (χ0) is 6.69. The van der Waals surface area contributed by atoms with E-state index in [0.717, 1.165) is 0 Å². The van der Waals surface area contributed by atoms with Gasteiger partial charge >= 0.3 is 64.1 Å². The van der Waals surface area contributed by atoms with Crippen molar-refractivity contribution in [2.45, 2.75) is 0 Å². The molecule has 0 spiro atoms. The maximum absolute atomic E-state index is 10.6. The second kappa shape index (κ2) is 4.63. The molecule has 0 unspecified atom stereocenters. The fraction of sp³-hybridized carbons (Fsp3) is 0. The summed E-state index contributed by atoms with van der Waals surface area (Å²) in [4.78, 5) is 10.6. The first-order valence-corrected chi connectivity index (χ1v) is 3.30. The van der Waals surface area contributed by atoms with E-state index in [0.29, 0.717) is 5.56 Å². The molecule has 1 aromatic rings. The van der Waals surface area contributed by atoms with E-state index in [2.05, 4.69) is 19.2 Å². The van der Waals surface area contributed by atoms with Crippen LogP contribution in [-0.4, -0.2) is 4.26 Å². The monoisotopic (exact) mass is 247 g/mol. The van der Waals surface area contributed by atoms with Crippen molar-refractivity contribution in [3.05, 3.63) is 35.9 Å². The first kappa shape index (κ1) is 9.84.